The summed E-state index contributed by atoms with van der Waals surface area (Å²) in [6.45, 7) is 2.90. The summed E-state index contributed by atoms with van der Waals surface area (Å²) in [6.07, 6.45) is 2.69. The lowest BCUT2D eigenvalue weighted by atomic mass is 10.0. The summed E-state index contributed by atoms with van der Waals surface area (Å²) in [6, 6.07) is 17.6. The molecule has 4 rings (SSSR count). The van der Waals surface area contributed by atoms with Gasteiger partial charge in [-0.05, 0) is 43.0 Å². The molecule has 0 aliphatic carbocycles. The van der Waals surface area contributed by atoms with Gasteiger partial charge in [-0.15, -0.1) is 0 Å². The fraction of sp³-hybridized carbons (Fsp3) is 0.364. The lowest BCUT2D eigenvalue weighted by Crippen LogP contribution is -2.48. The Hall–Kier alpha value is -2.66. The molecule has 1 saturated heterocycles. The Morgan fingerprint density at radius 1 is 0.926 bits per heavy atom. The molecule has 140 valence electrons. The van der Waals surface area contributed by atoms with E-state index in [4.69, 9.17) is 0 Å². The molecule has 2 aromatic rings. The average Bonchev–Trinajstić information content (AvgIpc) is 3.14. The van der Waals surface area contributed by atoms with Crippen LogP contribution in [-0.4, -0.2) is 48.9 Å². The van der Waals surface area contributed by atoms with Gasteiger partial charge in [-0.25, -0.2) is 0 Å². The van der Waals surface area contributed by atoms with Crippen molar-refractivity contribution in [3.8, 4) is 0 Å². The number of para-hydroxylation sites is 1. The molecule has 1 N–H and O–H groups in total. The minimum Gasteiger partial charge on any atom is -0.349 e. The van der Waals surface area contributed by atoms with Gasteiger partial charge in [0.1, 0.15) is 0 Å². The highest BCUT2D eigenvalue weighted by atomic mass is 16.2. The van der Waals surface area contributed by atoms with Crippen molar-refractivity contribution in [1.29, 1.82) is 0 Å². The Bertz CT molecular complexity index is 813. The third-order valence-electron chi connectivity index (χ3n) is 5.51. The third kappa shape index (κ3) is 4.03. The molecule has 2 aromatic carbocycles. The summed E-state index contributed by atoms with van der Waals surface area (Å²) < 4.78 is 0. The predicted octanol–water partition coefficient (Wildman–Crippen LogP) is 2.47. The summed E-state index contributed by atoms with van der Waals surface area (Å²) in [4.78, 5) is 29.1. The first kappa shape index (κ1) is 17.7. The van der Waals surface area contributed by atoms with Gasteiger partial charge < -0.3 is 10.2 Å². The Morgan fingerprint density at radius 3 is 2.41 bits per heavy atom. The lowest BCUT2D eigenvalue weighted by molar-refractivity contribution is -0.119. The summed E-state index contributed by atoms with van der Waals surface area (Å²) in [5.41, 5.74) is 3.02. The molecule has 1 fully saturated rings. The predicted molar refractivity (Wildman–Crippen MR) is 106 cm³/mol. The number of rotatable bonds is 4. The minimum atomic E-state index is -0.0150. The smallest absolute Gasteiger partial charge is 0.251 e. The highest BCUT2D eigenvalue weighted by Gasteiger charge is 2.27. The number of likely N-dealkylation sites (tertiary alicyclic amines) is 1. The molecule has 0 atom stereocenters. The number of amides is 2. The summed E-state index contributed by atoms with van der Waals surface area (Å²) in [5, 5.41) is 3.12. The number of nitrogens with one attached hydrogen (secondary N) is 1. The molecular formula is C22H25N3O2. The van der Waals surface area contributed by atoms with Crippen molar-refractivity contribution in [2.75, 3.05) is 31.1 Å². The standard InChI is InChI=1S/C22H25N3O2/c26-21(25-15-10-17-6-4-5-9-20(17)25)16-24-13-11-19(12-14-24)23-22(27)18-7-2-1-3-8-18/h1-9,19H,10-16H2,(H,23,27). The van der Waals surface area contributed by atoms with Crippen molar-refractivity contribution in [1.82, 2.24) is 10.2 Å². The van der Waals surface area contributed by atoms with Crippen LogP contribution in [0.15, 0.2) is 54.6 Å². The van der Waals surface area contributed by atoms with Gasteiger partial charge in [-0.3, -0.25) is 14.5 Å². The fourth-order valence-electron chi connectivity index (χ4n) is 3.97. The maximum absolute atomic E-state index is 12.7. The van der Waals surface area contributed by atoms with E-state index in [2.05, 4.69) is 16.3 Å². The van der Waals surface area contributed by atoms with Gasteiger partial charge in [0.25, 0.3) is 5.91 Å². The molecular weight excluding hydrogens is 338 g/mol. The lowest BCUT2D eigenvalue weighted by Gasteiger charge is -2.33. The van der Waals surface area contributed by atoms with Crippen molar-refractivity contribution < 1.29 is 9.59 Å². The van der Waals surface area contributed by atoms with E-state index >= 15 is 0 Å². The van der Waals surface area contributed by atoms with Crippen molar-refractivity contribution in [2.45, 2.75) is 25.3 Å². The SMILES string of the molecule is O=C(NC1CCN(CC(=O)N2CCc3ccccc32)CC1)c1ccccc1. The van der Waals surface area contributed by atoms with Gasteiger partial charge in [-0.1, -0.05) is 36.4 Å². The van der Waals surface area contributed by atoms with Crippen LogP contribution in [0.1, 0.15) is 28.8 Å². The molecule has 27 heavy (non-hydrogen) atoms. The summed E-state index contributed by atoms with van der Waals surface area (Å²) >= 11 is 0. The number of hydrogen-bond donors (Lipinski definition) is 1. The first-order valence-corrected chi connectivity index (χ1v) is 9.67. The van der Waals surface area contributed by atoms with Crippen LogP contribution in [0.5, 0.6) is 0 Å². The van der Waals surface area contributed by atoms with Crippen molar-refractivity contribution in [3.05, 3.63) is 65.7 Å². The zero-order valence-corrected chi connectivity index (χ0v) is 15.4. The van der Waals surface area contributed by atoms with Gasteiger partial charge in [0.15, 0.2) is 0 Å². The monoisotopic (exact) mass is 363 g/mol. The molecule has 0 bridgehead atoms. The minimum absolute atomic E-state index is 0.0150. The molecule has 0 unspecified atom stereocenters. The Morgan fingerprint density at radius 2 is 1.63 bits per heavy atom. The van der Waals surface area contributed by atoms with Crippen LogP contribution in [-0.2, 0) is 11.2 Å². The zero-order valence-electron chi connectivity index (χ0n) is 15.4. The average molecular weight is 363 g/mol. The van der Waals surface area contributed by atoms with E-state index < -0.39 is 0 Å². The van der Waals surface area contributed by atoms with Crippen LogP contribution in [0.2, 0.25) is 0 Å². The molecule has 2 aliphatic rings. The second-order valence-corrected chi connectivity index (χ2v) is 7.31. The topological polar surface area (TPSA) is 52.7 Å². The van der Waals surface area contributed by atoms with Gasteiger partial charge in [0.05, 0.1) is 6.54 Å². The van der Waals surface area contributed by atoms with E-state index in [1.807, 2.05) is 53.4 Å². The van der Waals surface area contributed by atoms with Crippen molar-refractivity contribution in [3.63, 3.8) is 0 Å². The molecule has 2 aliphatic heterocycles. The van der Waals surface area contributed by atoms with Gasteiger partial charge >= 0.3 is 0 Å². The molecule has 5 heteroatoms. The second kappa shape index (κ2) is 7.92. The van der Waals surface area contributed by atoms with Crippen LogP contribution in [0.25, 0.3) is 0 Å². The largest absolute Gasteiger partial charge is 0.349 e. The van der Waals surface area contributed by atoms with E-state index in [-0.39, 0.29) is 17.9 Å². The van der Waals surface area contributed by atoms with Crippen molar-refractivity contribution in [2.24, 2.45) is 0 Å². The maximum Gasteiger partial charge on any atom is 0.251 e. The van der Waals surface area contributed by atoms with Crippen LogP contribution in [0.4, 0.5) is 5.69 Å². The third-order valence-corrected chi connectivity index (χ3v) is 5.51. The summed E-state index contributed by atoms with van der Waals surface area (Å²) in [7, 11) is 0. The van der Waals surface area contributed by atoms with E-state index in [1.165, 1.54) is 5.56 Å². The van der Waals surface area contributed by atoms with E-state index in [9.17, 15) is 9.59 Å². The van der Waals surface area contributed by atoms with Crippen LogP contribution < -0.4 is 10.2 Å². The molecule has 0 saturated carbocycles. The molecule has 2 amide bonds. The Labute approximate surface area is 160 Å². The first-order chi connectivity index (χ1) is 13.2. The number of anilines is 1. The number of fused-ring (bicyclic) bond motifs is 1. The molecule has 0 spiro atoms. The number of benzene rings is 2. The number of carbonyl (C=O) groups excluding carboxylic acids is 2. The van der Waals surface area contributed by atoms with Crippen LogP contribution in [0, 0.1) is 0 Å². The first-order valence-electron chi connectivity index (χ1n) is 9.67. The molecule has 5 nitrogen and oxygen atoms in total. The number of hydrogen-bond acceptors (Lipinski definition) is 3. The van der Waals surface area contributed by atoms with E-state index in [0.717, 1.165) is 44.6 Å². The normalized spacial score (nSPS) is 17.6. The molecule has 2 heterocycles. The van der Waals surface area contributed by atoms with Crippen molar-refractivity contribution >= 4 is 17.5 Å². The van der Waals surface area contributed by atoms with Crippen LogP contribution in [0.3, 0.4) is 0 Å². The van der Waals surface area contributed by atoms with Gasteiger partial charge in [0, 0.05) is 36.9 Å². The quantitative estimate of drug-likeness (QED) is 0.908. The summed E-state index contributed by atoms with van der Waals surface area (Å²) in [5.74, 6) is 0.158. The number of nitrogens with zero attached hydrogens (tertiary/aromatic N) is 2. The molecule has 0 radical (unpaired) electrons. The van der Waals surface area contributed by atoms with Crippen LogP contribution >= 0.6 is 0 Å². The van der Waals surface area contributed by atoms with Gasteiger partial charge in [0.2, 0.25) is 5.91 Å². The highest BCUT2D eigenvalue weighted by molar-refractivity contribution is 5.96. The number of piperidine rings is 1. The fourth-order valence-corrected chi connectivity index (χ4v) is 3.97. The maximum atomic E-state index is 12.7. The van der Waals surface area contributed by atoms with E-state index in [0.29, 0.717) is 12.1 Å². The van der Waals surface area contributed by atoms with Gasteiger partial charge in [-0.2, -0.15) is 0 Å². The molecule has 0 aromatic heterocycles. The Balaban J connectivity index is 1.26. The second-order valence-electron chi connectivity index (χ2n) is 7.31. The number of carbonyl (C=O) groups is 2. The van der Waals surface area contributed by atoms with E-state index in [1.54, 1.807) is 0 Å². The zero-order chi connectivity index (χ0) is 18.6. The highest BCUT2D eigenvalue weighted by Crippen LogP contribution is 2.27. The Kier molecular flexibility index (Phi) is 5.21.